The molecule has 198 valence electrons. The van der Waals surface area contributed by atoms with Crippen molar-refractivity contribution in [2.45, 2.75) is 117 Å². The number of nitrogens with two attached hydrogens (primary N) is 1. The molecule has 0 rings (SSSR count). The Morgan fingerprint density at radius 1 is 0.971 bits per heavy atom. The van der Waals surface area contributed by atoms with E-state index in [1.165, 1.54) is 0 Å². The van der Waals surface area contributed by atoms with E-state index in [2.05, 4.69) is 17.6 Å². The van der Waals surface area contributed by atoms with Gasteiger partial charge in [0, 0.05) is 23.1 Å². The van der Waals surface area contributed by atoms with Crippen LogP contribution in [0.25, 0.3) is 0 Å². The zero-order valence-corrected chi connectivity index (χ0v) is 22.8. The lowest BCUT2D eigenvalue weighted by Crippen LogP contribution is -2.57. The van der Waals surface area contributed by atoms with Crippen LogP contribution in [0.1, 0.15) is 99.3 Å². The first kappa shape index (κ1) is 32.5. The van der Waals surface area contributed by atoms with Crippen LogP contribution in [0.3, 0.4) is 0 Å². The monoisotopic (exact) mass is 501 g/mol. The lowest BCUT2D eigenvalue weighted by molar-refractivity contribution is -0.138. The minimum absolute atomic E-state index is 0.0936. The Labute approximate surface area is 210 Å². The first-order chi connectivity index (χ1) is 15.9. The summed E-state index contributed by atoms with van der Waals surface area (Å²) in [6, 6.07) is -1.63. The number of amides is 1. The van der Waals surface area contributed by atoms with Crippen molar-refractivity contribution in [2.24, 2.45) is 11.1 Å². The lowest BCUT2D eigenvalue weighted by Gasteiger charge is -2.34. The van der Waals surface area contributed by atoms with Crippen LogP contribution < -0.4 is 16.4 Å². The number of nitrogens with one attached hydrogen (secondary N) is 2. The number of carboxylic acid groups (broad SMARTS) is 1. The Hall–Kier alpha value is -1.45. The molecule has 5 N–H and O–H groups in total. The van der Waals surface area contributed by atoms with Gasteiger partial charge in [-0.25, -0.2) is 0 Å². The summed E-state index contributed by atoms with van der Waals surface area (Å²) in [4.78, 5) is 49.9. The smallest absolute Gasteiger partial charge is 0.303 e. The molecule has 0 aliphatic rings. The molecule has 8 nitrogen and oxygen atoms in total. The van der Waals surface area contributed by atoms with E-state index in [-0.39, 0.29) is 41.6 Å². The number of carboxylic acids is 1. The predicted molar refractivity (Wildman–Crippen MR) is 139 cm³/mol. The van der Waals surface area contributed by atoms with E-state index >= 15 is 0 Å². The molecular weight excluding hydrogens is 454 g/mol. The molecule has 0 radical (unpaired) electrons. The van der Waals surface area contributed by atoms with Gasteiger partial charge in [0.2, 0.25) is 11.0 Å². The Bertz CT molecular complexity index is 671. The Morgan fingerprint density at radius 3 is 2.12 bits per heavy atom. The van der Waals surface area contributed by atoms with E-state index in [0.29, 0.717) is 12.8 Å². The number of thioether (sulfide) groups is 1. The molecule has 0 heterocycles. The Kier molecular flexibility index (Phi) is 15.6. The topological polar surface area (TPSA) is 139 Å². The minimum Gasteiger partial charge on any atom is -0.481 e. The van der Waals surface area contributed by atoms with Gasteiger partial charge in [0.05, 0.1) is 18.6 Å². The fourth-order valence-corrected chi connectivity index (χ4v) is 4.34. The van der Waals surface area contributed by atoms with Crippen molar-refractivity contribution >= 4 is 34.5 Å². The maximum absolute atomic E-state index is 13.6. The highest BCUT2D eigenvalue weighted by atomic mass is 32.2. The molecule has 0 bridgehead atoms. The van der Waals surface area contributed by atoms with Crippen LogP contribution in [0, 0.1) is 5.41 Å². The highest BCUT2D eigenvalue weighted by molar-refractivity contribution is 8.13. The van der Waals surface area contributed by atoms with Crippen molar-refractivity contribution in [3.05, 3.63) is 0 Å². The largest absolute Gasteiger partial charge is 0.481 e. The zero-order valence-electron chi connectivity index (χ0n) is 22.0. The Balaban J connectivity index is 5.72. The summed E-state index contributed by atoms with van der Waals surface area (Å²) in [5.74, 6) is -1.40. The number of aliphatic carboxylic acids is 1. The minimum atomic E-state index is -0.990. The van der Waals surface area contributed by atoms with Gasteiger partial charge in [0.1, 0.15) is 0 Å². The molecule has 0 saturated heterocycles. The molecule has 0 aromatic heterocycles. The van der Waals surface area contributed by atoms with E-state index in [1.807, 2.05) is 34.6 Å². The summed E-state index contributed by atoms with van der Waals surface area (Å²) in [6.07, 6.45) is 6.19. The standard InChI is InChI=1S/C25H47N3O5S/c1-7-10-11-12-15-25(6,9-3)22(32)19(17-34-21(31)16-26)27-23(33)18(13-14-20(29)30)28-24(4,5)8-2/h18-19,28H,7-17,26H2,1-6H3,(H,27,33)(H,29,30)/t18-,19-,25?/m0/s1. The third kappa shape index (κ3) is 12.3. The third-order valence-electron chi connectivity index (χ3n) is 6.58. The van der Waals surface area contributed by atoms with Crippen LogP contribution >= 0.6 is 11.8 Å². The summed E-state index contributed by atoms with van der Waals surface area (Å²) in [5, 5.41) is 15.0. The molecule has 3 atom stereocenters. The third-order valence-corrected chi connectivity index (χ3v) is 7.57. The number of carbonyl (C=O) groups is 4. The fourth-order valence-electron chi connectivity index (χ4n) is 3.64. The maximum atomic E-state index is 13.6. The van der Waals surface area contributed by atoms with Crippen molar-refractivity contribution in [3.63, 3.8) is 0 Å². The molecule has 9 heteroatoms. The van der Waals surface area contributed by atoms with E-state index in [1.54, 1.807) is 0 Å². The van der Waals surface area contributed by atoms with Crippen molar-refractivity contribution in [2.75, 3.05) is 12.3 Å². The van der Waals surface area contributed by atoms with Crippen molar-refractivity contribution in [1.82, 2.24) is 10.6 Å². The number of ketones is 1. The molecule has 0 aliphatic heterocycles. The quantitative estimate of drug-likeness (QED) is 0.197. The number of hydrogen-bond donors (Lipinski definition) is 4. The summed E-state index contributed by atoms with van der Waals surface area (Å²) >= 11 is 0.947. The molecule has 0 aromatic carbocycles. The van der Waals surface area contributed by atoms with Crippen molar-refractivity contribution in [1.29, 1.82) is 0 Å². The van der Waals surface area contributed by atoms with Crippen LogP contribution in [0.15, 0.2) is 0 Å². The van der Waals surface area contributed by atoms with Crippen LogP contribution in [-0.4, -0.2) is 57.8 Å². The second kappa shape index (κ2) is 16.3. The summed E-state index contributed by atoms with van der Waals surface area (Å²) in [5.41, 5.74) is 4.43. The second-order valence-electron chi connectivity index (χ2n) is 9.90. The van der Waals surface area contributed by atoms with Crippen LogP contribution in [0.4, 0.5) is 0 Å². The lowest BCUT2D eigenvalue weighted by atomic mass is 9.76. The van der Waals surface area contributed by atoms with Crippen LogP contribution in [0.2, 0.25) is 0 Å². The van der Waals surface area contributed by atoms with Crippen LogP contribution in [0.5, 0.6) is 0 Å². The van der Waals surface area contributed by atoms with Gasteiger partial charge in [-0.3, -0.25) is 19.2 Å². The van der Waals surface area contributed by atoms with Crippen molar-refractivity contribution < 1.29 is 24.3 Å². The first-order valence-electron chi connectivity index (χ1n) is 12.6. The highest BCUT2D eigenvalue weighted by Gasteiger charge is 2.38. The van der Waals surface area contributed by atoms with E-state index < -0.39 is 29.4 Å². The summed E-state index contributed by atoms with van der Waals surface area (Å²) in [6.45, 7) is 11.7. The normalized spacial score (nSPS) is 15.3. The molecule has 34 heavy (non-hydrogen) atoms. The van der Waals surface area contributed by atoms with Gasteiger partial charge in [-0.05, 0) is 39.5 Å². The van der Waals surface area contributed by atoms with Crippen molar-refractivity contribution in [3.8, 4) is 0 Å². The molecule has 1 amide bonds. The van der Waals surface area contributed by atoms with Crippen LogP contribution in [-0.2, 0) is 19.2 Å². The second-order valence-corrected chi connectivity index (χ2v) is 11.0. The molecule has 0 fully saturated rings. The first-order valence-corrected chi connectivity index (χ1v) is 13.5. The van der Waals surface area contributed by atoms with Gasteiger partial charge >= 0.3 is 5.97 Å². The highest BCUT2D eigenvalue weighted by Crippen LogP contribution is 2.32. The van der Waals surface area contributed by atoms with E-state index in [0.717, 1.165) is 43.9 Å². The maximum Gasteiger partial charge on any atom is 0.303 e. The average molecular weight is 502 g/mol. The van der Waals surface area contributed by atoms with Gasteiger partial charge < -0.3 is 21.5 Å². The molecule has 0 saturated carbocycles. The number of Topliss-reactive ketones (excluding diaryl/α,β-unsaturated/α-hetero) is 1. The SMILES string of the molecule is CCCCCCC(C)(CC)C(=O)[C@H](CSC(=O)CN)NC(=O)[C@H](CCC(=O)O)NC(C)(C)CC. The predicted octanol–water partition coefficient (Wildman–Crippen LogP) is 3.66. The van der Waals surface area contributed by atoms with Gasteiger partial charge in [0.25, 0.3) is 0 Å². The number of unbranched alkanes of at least 4 members (excludes halogenated alkanes) is 3. The molecular formula is C25H47N3O5S. The van der Waals surface area contributed by atoms with Gasteiger partial charge in [0.15, 0.2) is 5.78 Å². The molecule has 0 aromatic rings. The number of rotatable bonds is 19. The zero-order chi connectivity index (χ0) is 26.4. The molecule has 0 spiro atoms. The number of hydrogen-bond acceptors (Lipinski definition) is 7. The van der Waals surface area contributed by atoms with Gasteiger partial charge in [-0.2, -0.15) is 0 Å². The Morgan fingerprint density at radius 2 is 1.62 bits per heavy atom. The average Bonchev–Trinajstić information content (AvgIpc) is 2.80. The number of carbonyl (C=O) groups excluding carboxylic acids is 3. The molecule has 1 unspecified atom stereocenters. The van der Waals surface area contributed by atoms with Gasteiger partial charge in [-0.15, -0.1) is 0 Å². The summed E-state index contributed by atoms with van der Waals surface area (Å²) in [7, 11) is 0. The van der Waals surface area contributed by atoms with E-state index in [4.69, 9.17) is 10.8 Å². The fraction of sp³-hybridized carbons (Fsp3) is 0.840. The molecule has 0 aliphatic carbocycles. The summed E-state index contributed by atoms with van der Waals surface area (Å²) < 4.78 is 0. The van der Waals surface area contributed by atoms with Gasteiger partial charge in [-0.1, -0.05) is 65.1 Å². The van der Waals surface area contributed by atoms with E-state index in [9.17, 15) is 19.2 Å².